The topological polar surface area (TPSA) is 65.2 Å². The van der Waals surface area contributed by atoms with Crippen LogP contribution in [0.4, 0.5) is 5.69 Å². The van der Waals surface area contributed by atoms with Crippen LogP contribution < -0.4 is 5.73 Å². The van der Waals surface area contributed by atoms with E-state index in [2.05, 4.69) is 25.7 Å². The molecule has 0 atom stereocenters. The van der Waals surface area contributed by atoms with Crippen molar-refractivity contribution in [1.82, 2.24) is 4.98 Å². The highest BCUT2D eigenvalue weighted by Gasteiger charge is 2.04. The maximum Gasteiger partial charge on any atom is 0.310 e. The van der Waals surface area contributed by atoms with Crippen LogP contribution in [0.3, 0.4) is 0 Å². The third-order valence-electron chi connectivity index (χ3n) is 1.50. The standard InChI is InChI=1S/C8H9BrN2O2/c1-13-7(12)3-5-2-6(10)8(9)11-4-5/h2,4H,3,10H2,1H3. The lowest BCUT2D eigenvalue weighted by atomic mass is 10.2. The van der Waals surface area contributed by atoms with E-state index in [4.69, 9.17) is 5.73 Å². The van der Waals surface area contributed by atoms with Crippen LogP contribution >= 0.6 is 15.9 Å². The molecule has 0 radical (unpaired) electrons. The number of pyridine rings is 1. The van der Waals surface area contributed by atoms with E-state index in [-0.39, 0.29) is 12.4 Å². The Morgan fingerprint density at radius 3 is 3.00 bits per heavy atom. The molecule has 0 amide bonds. The highest BCUT2D eigenvalue weighted by Crippen LogP contribution is 2.17. The number of nitrogen functional groups attached to an aromatic ring is 1. The fourth-order valence-corrected chi connectivity index (χ4v) is 1.06. The Labute approximate surface area is 84.2 Å². The molecule has 0 saturated heterocycles. The highest BCUT2D eigenvalue weighted by atomic mass is 79.9. The molecule has 2 N–H and O–H groups in total. The number of halogens is 1. The Hall–Kier alpha value is -1.10. The van der Waals surface area contributed by atoms with Crippen molar-refractivity contribution < 1.29 is 9.53 Å². The lowest BCUT2D eigenvalue weighted by Gasteiger charge is -2.01. The summed E-state index contributed by atoms with van der Waals surface area (Å²) in [6.07, 6.45) is 1.78. The number of methoxy groups -OCH3 is 1. The van der Waals surface area contributed by atoms with Crippen molar-refractivity contribution in [3.05, 3.63) is 22.4 Å². The summed E-state index contributed by atoms with van der Waals surface area (Å²) in [5.41, 5.74) is 6.83. The third kappa shape index (κ3) is 2.69. The second-order valence-corrected chi connectivity index (χ2v) is 3.23. The number of rotatable bonds is 2. The normalized spacial score (nSPS) is 9.69. The summed E-state index contributed by atoms with van der Waals surface area (Å²) in [6.45, 7) is 0. The Kier molecular flexibility index (Phi) is 3.25. The average molecular weight is 245 g/mol. The van der Waals surface area contributed by atoms with Crippen molar-refractivity contribution in [3.8, 4) is 0 Å². The number of ether oxygens (including phenoxy) is 1. The summed E-state index contributed by atoms with van der Waals surface area (Å²) in [7, 11) is 1.35. The van der Waals surface area contributed by atoms with Crippen LogP contribution in [-0.4, -0.2) is 18.1 Å². The van der Waals surface area contributed by atoms with Crippen LogP contribution in [0.1, 0.15) is 5.56 Å². The number of hydrogen-bond acceptors (Lipinski definition) is 4. The van der Waals surface area contributed by atoms with Gasteiger partial charge in [-0.3, -0.25) is 4.79 Å². The van der Waals surface area contributed by atoms with Gasteiger partial charge in [0.25, 0.3) is 0 Å². The van der Waals surface area contributed by atoms with Crippen molar-refractivity contribution in [3.63, 3.8) is 0 Å². The number of aromatic nitrogens is 1. The number of carbonyl (C=O) groups is 1. The summed E-state index contributed by atoms with van der Waals surface area (Å²) >= 11 is 3.16. The maximum absolute atomic E-state index is 10.9. The van der Waals surface area contributed by atoms with Gasteiger partial charge in [0, 0.05) is 6.20 Å². The molecule has 13 heavy (non-hydrogen) atoms. The number of nitrogens with zero attached hydrogens (tertiary/aromatic N) is 1. The van der Waals surface area contributed by atoms with Gasteiger partial charge in [0.2, 0.25) is 0 Å². The summed E-state index contributed by atoms with van der Waals surface area (Å²) in [6, 6.07) is 1.69. The van der Waals surface area contributed by atoms with E-state index in [1.165, 1.54) is 7.11 Å². The summed E-state index contributed by atoms with van der Waals surface area (Å²) in [4.78, 5) is 14.8. The molecule has 0 aliphatic rings. The minimum absolute atomic E-state index is 0.195. The first-order chi connectivity index (χ1) is 6.13. The zero-order valence-corrected chi connectivity index (χ0v) is 8.67. The largest absolute Gasteiger partial charge is 0.469 e. The molecule has 0 saturated carbocycles. The molecule has 1 aromatic heterocycles. The zero-order valence-electron chi connectivity index (χ0n) is 7.08. The molecule has 1 rings (SSSR count). The van der Waals surface area contributed by atoms with Gasteiger partial charge in [0.15, 0.2) is 0 Å². The molecule has 0 fully saturated rings. The molecule has 0 aliphatic carbocycles. The van der Waals surface area contributed by atoms with Gasteiger partial charge in [-0.05, 0) is 27.6 Å². The molecular weight excluding hydrogens is 236 g/mol. The monoisotopic (exact) mass is 244 g/mol. The van der Waals surface area contributed by atoms with Gasteiger partial charge in [-0.15, -0.1) is 0 Å². The third-order valence-corrected chi connectivity index (χ3v) is 2.16. The molecular formula is C8H9BrN2O2. The number of hydrogen-bond donors (Lipinski definition) is 1. The summed E-state index contributed by atoms with van der Waals surface area (Å²) in [5.74, 6) is -0.302. The molecule has 0 unspecified atom stereocenters. The van der Waals surface area contributed by atoms with E-state index in [0.717, 1.165) is 5.56 Å². The first kappa shape index (κ1) is 9.98. The Balaban J connectivity index is 2.79. The second kappa shape index (κ2) is 4.23. The van der Waals surface area contributed by atoms with Gasteiger partial charge in [0.1, 0.15) is 4.60 Å². The van der Waals surface area contributed by atoms with Crippen molar-refractivity contribution in [2.45, 2.75) is 6.42 Å². The van der Waals surface area contributed by atoms with Crippen molar-refractivity contribution in [1.29, 1.82) is 0 Å². The smallest absolute Gasteiger partial charge is 0.310 e. The highest BCUT2D eigenvalue weighted by molar-refractivity contribution is 9.10. The molecule has 5 heteroatoms. The molecule has 0 bridgehead atoms. The number of anilines is 1. The fourth-order valence-electron chi connectivity index (χ4n) is 0.846. The summed E-state index contributed by atoms with van der Waals surface area (Å²) < 4.78 is 5.09. The SMILES string of the molecule is COC(=O)Cc1cnc(Br)c(N)c1. The average Bonchev–Trinajstić information content (AvgIpc) is 2.11. The van der Waals surface area contributed by atoms with Gasteiger partial charge in [-0.2, -0.15) is 0 Å². The van der Waals surface area contributed by atoms with E-state index in [0.29, 0.717) is 10.3 Å². The molecule has 70 valence electrons. The first-order valence-corrected chi connectivity index (χ1v) is 4.39. The van der Waals surface area contributed by atoms with Gasteiger partial charge in [0.05, 0.1) is 19.2 Å². The van der Waals surface area contributed by atoms with E-state index >= 15 is 0 Å². The van der Waals surface area contributed by atoms with Crippen molar-refractivity contribution in [2.24, 2.45) is 0 Å². The van der Waals surface area contributed by atoms with Crippen molar-refractivity contribution in [2.75, 3.05) is 12.8 Å². The molecule has 4 nitrogen and oxygen atoms in total. The molecule has 0 spiro atoms. The lowest BCUT2D eigenvalue weighted by molar-refractivity contribution is -0.139. The molecule has 0 aliphatic heterocycles. The van der Waals surface area contributed by atoms with E-state index in [1.54, 1.807) is 12.3 Å². The maximum atomic E-state index is 10.9. The van der Waals surface area contributed by atoms with Gasteiger partial charge >= 0.3 is 5.97 Å². The van der Waals surface area contributed by atoms with E-state index in [9.17, 15) is 4.79 Å². The Morgan fingerprint density at radius 1 is 1.77 bits per heavy atom. The molecule has 1 aromatic rings. The van der Waals surface area contributed by atoms with Gasteiger partial charge < -0.3 is 10.5 Å². The van der Waals surface area contributed by atoms with Crippen LogP contribution in [-0.2, 0) is 16.0 Å². The van der Waals surface area contributed by atoms with Gasteiger partial charge in [-0.25, -0.2) is 4.98 Å². The Bertz CT molecular complexity index is 328. The molecule has 1 heterocycles. The number of esters is 1. The van der Waals surface area contributed by atoms with Crippen LogP contribution in [0.2, 0.25) is 0 Å². The fraction of sp³-hybridized carbons (Fsp3) is 0.250. The number of nitrogens with two attached hydrogens (primary N) is 1. The van der Waals surface area contributed by atoms with Crippen LogP contribution in [0.25, 0.3) is 0 Å². The van der Waals surface area contributed by atoms with Crippen LogP contribution in [0.5, 0.6) is 0 Å². The van der Waals surface area contributed by atoms with Crippen molar-refractivity contribution >= 4 is 27.6 Å². The quantitative estimate of drug-likeness (QED) is 0.626. The Morgan fingerprint density at radius 2 is 2.46 bits per heavy atom. The van der Waals surface area contributed by atoms with E-state index in [1.807, 2.05) is 0 Å². The zero-order chi connectivity index (χ0) is 9.84. The predicted molar refractivity (Wildman–Crippen MR) is 52.1 cm³/mol. The van der Waals surface area contributed by atoms with Crippen LogP contribution in [0, 0.1) is 0 Å². The number of carbonyl (C=O) groups excluding carboxylic acids is 1. The minimum atomic E-state index is -0.302. The van der Waals surface area contributed by atoms with Gasteiger partial charge in [-0.1, -0.05) is 0 Å². The molecule has 0 aromatic carbocycles. The summed E-state index contributed by atoms with van der Waals surface area (Å²) in [5, 5.41) is 0. The van der Waals surface area contributed by atoms with Crippen LogP contribution in [0.15, 0.2) is 16.9 Å². The second-order valence-electron chi connectivity index (χ2n) is 2.48. The minimum Gasteiger partial charge on any atom is -0.469 e. The lowest BCUT2D eigenvalue weighted by Crippen LogP contribution is -2.05. The van der Waals surface area contributed by atoms with E-state index < -0.39 is 0 Å². The predicted octanol–water partition coefficient (Wildman–Crippen LogP) is 1.14. The first-order valence-electron chi connectivity index (χ1n) is 3.60.